The lowest BCUT2D eigenvalue weighted by Crippen LogP contribution is -2.26. The first kappa shape index (κ1) is 25.9. The summed E-state index contributed by atoms with van der Waals surface area (Å²) >= 11 is 0. The van der Waals surface area contributed by atoms with Crippen LogP contribution in [0.25, 0.3) is 33.4 Å². The van der Waals surface area contributed by atoms with E-state index >= 15 is 0 Å². The van der Waals surface area contributed by atoms with Crippen LogP contribution in [0.2, 0.25) is 0 Å². The Balaban J connectivity index is 1.10. The molecule has 4 aliphatic rings. The number of imidazole rings is 2. The highest BCUT2D eigenvalue weighted by Crippen LogP contribution is 2.46. The van der Waals surface area contributed by atoms with Gasteiger partial charge in [0.25, 0.3) is 0 Å². The fourth-order valence-electron chi connectivity index (χ4n) is 7.49. The lowest BCUT2D eigenvalue weighted by molar-refractivity contribution is 0.182. The summed E-state index contributed by atoms with van der Waals surface area (Å²) in [7, 11) is 0. The average molecular weight is 557 g/mol. The highest BCUT2D eigenvalue weighted by atomic mass is 15.0. The van der Waals surface area contributed by atoms with E-state index in [2.05, 4.69) is 86.8 Å². The Morgan fingerprint density at radius 2 is 1.43 bits per heavy atom. The number of hydrogen-bond acceptors (Lipinski definition) is 4. The second-order valence-corrected chi connectivity index (χ2v) is 12.8. The smallest absolute Gasteiger partial charge is 0.124 e. The van der Waals surface area contributed by atoms with Gasteiger partial charge in [-0.25, -0.2) is 9.97 Å². The molecule has 42 heavy (non-hydrogen) atoms. The van der Waals surface area contributed by atoms with Crippen LogP contribution in [-0.4, -0.2) is 33.0 Å². The number of rotatable bonds is 5. The third kappa shape index (κ3) is 4.87. The zero-order chi connectivity index (χ0) is 28.0. The number of aromatic amines is 2. The normalized spacial score (nSPS) is 28.7. The zero-order valence-electron chi connectivity index (χ0n) is 24.3. The van der Waals surface area contributed by atoms with E-state index in [1.165, 1.54) is 59.1 Å². The van der Waals surface area contributed by atoms with Crippen molar-refractivity contribution in [3.63, 3.8) is 0 Å². The number of nitrogens with one attached hydrogen (secondary N) is 4. The van der Waals surface area contributed by atoms with E-state index in [-0.39, 0.29) is 0 Å². The first-order valence-electron chi connectivity index (χ1n) is 15.9. The van der Waals surface area contributed by atoms with Crippen LogP contribution in [-0.2, 0) is 0 Å². The summed E-state index contributed by atoms with van der Waals surface area (Å²) in [5.74, 6) is 3.56. The van der Waals surface area contributed by atoms with Crippen LogP contribution in [0.4, 0.5) is 0 Å². The highest BCUT2D eigenvalue weighted by Gasteiger charge is 2.33. The van der Waals surface area contributed by atoms with Gasteiger partial charge in [-0.2, -0.15) is 0 Å². The number of benzene rings is 2. The Morgan fingerprint density at radius 3 is 2.17 bits per heavy atom. The van der Waals surface area contributed by atoms with Gasteiger partial charge in [-0.15, -0.1) is 0 Å². The van der Waals surface area contributed by atoms with Gasteiger partial charge in [0.05, 0.1) is 35.0 Å². The van der Waals surface area contributed by atoms with E-state index in [1.807, 2.05) is 6.20 Å². The second kappa shape index (κ2) is 10.8. The molecule has 6 nitrogen and oxygen atoms in total. The van der Waals surface area contributed by atoms with E-state index in [0.29, 0.717) is 18.0 Å². The molecule has 3 fully saturated rings. The maximum atomic E-state index is 4.90. The van der Waals surface area contributed by atoms with E-state index < -0.39 is 0 Å². The topological polar surface area (TPSA) is 81.4 Å². The van der Waals surface area contributed by atoms with E-state index in [1.54, 1.807) is 0 Å². The fourth-order valence-corrected chi connectivity index (χ4v) is 7.49. The fraction of sp³-hybridized carbons (Fsp3) is 0.389. The molecule has 2 unspecified atom stereocenters. The van der Waals surface area contributed by atoms with Crippen molar-refractivity contribution in [2.24, 2.45) is 11.8 Å². The van der Waals surface area contributed by atoms with Crippen molar-refractivity contribution in [2.45, 2.75) is 63.5 Å². The van der Waals surface area contributed by atoms with Gasteiger partial charge in [-0.05, 0) is 122 Å². The average Bonchev–Trinajstić information content (AvgIpc) is 3.82. The van der Waals surface area contributed by atoms with Gasteiger partial charge < -0.3 is 20.6 Å². The predicted molar refractivity (Wildman–Crippen MR) is 171 cm³/mol. The maximum absolute atomic E-state index is 4.90. The third-order valence-electron chi connectivity index (χ3n) is 10.2. The van der Waals surface area contributed by atoms with Gasteiger partial charge in [-0.1, -0.05) is 49.1 Å². The van der Waals surface area contributed by atoms with E-state index in [9.17, 15) is 0 Å². The van der Waals surface area contributed by atoms with Gasteiger partial charge in [0.1, 0.15) is 11.6 Å². The van der Waals surface area contributed by atoms with Crippen molar-refractivity contribution in [1.82, 2.24) is 30.6 Å². The number of nitrogens with zero attached hydrogens (tertiary/aromatic N) is 2. The Morgan fingerprint density at radius 1 is 0.714 bits per heavy atom. The molecule has 4 N–H and O–H groups in total. The molecule has 0 spiro atoms. The van der Waals surface area contributed by atoms with Crippen LogP contribution in [0.15, 0.2) is 73.0 Å². The van der Waals surface area contributed by atoms with Crippen molar-refractivity contribution in [3.8, 4) is 11.3 Å². The van der Waals surface area contributed by atoms with Crippen LogP contribution in [0.5, 0.6) is 0 Å². The minimum Gasteiger partial charge on any atom is -0.341 e. The molecule has 2 aromatic carbocycles. The molecule has 4 heterocycles. The molecular formula is C36H40N6. The molecule has 4 atom stereocenters. The van der Waals surface area contributed by atoms with Crippen LogP contribution in [0.1, 0.15) is 86.2 Å². The van der Waals surface area contributed by atoms with Crippen molar-refractivity contribution >= 4 is 22.2 Å². The number of fused-ring (bicyclic) bond motifs is 2. The molecule has 0 amide bonds. The minimum absolute atomic E-state index is 0.340. The van der Waals surface area contributed by atoms with Crippen molar-refractivity contribution < 1.29 is 0 Å². The molecular weight excluding hydrogens is 516 g/mol. The summed E-state index contributed by atoms with van der Waals surface area (Å²) in [6.45, 7) is 6.76. The summed E-state index contributed by atoms with van der Waals surface area (Å²) in [6, 6.07) is 16.4. The second-order valence-electron chi connectivity index (χ2n) is 12.8. The van der Waals surface area contributed by atoms with E-state index in [0.717, 1.165) is 73.1 Å². The molecule has 2 aliphatic heterocycles. The zero-order valence-corrected chi connectivity index (χ0v) is 24.3. The lowest BCUT2D eigenvalue weighted by atomic mass is 9.67. The number of hydrogen-bond donors (Lipinski definition) is 4. The molecule has 2 aliphatic carbocycles. The first-order chi connectivity index (χ1) is 20.7. The standard InChI is InChI=1S/C36H40N6/c1-22-18-25-10-11-27(25)19-26(23-6-8-24(9-7-23)34-21-39-35(42-34)31-4-2-16-37-31)12-14-29(22)28-13-15-30-33(20-28)41-36(40-30)32-5-3-17-38-32/h6-9,12-15,20-21,25,27,31-32,37-38H,1-5,10-11,16-19H2,(H,39,42)(H,40,41)/b26-12+,29-14+/t25?,27?,31-,32-/m0/s1. The molecule has 6 heteroatoms. The number of aromatic nitrogens is 4. The quantitative estimate of drug-likeness (QED) is 0.204. The highest BCUT2D eigenvalue weighted by molar-refractivity contribution is 5.87. The molecule has 4 aromatic rings. The van der Waals surface area contributed by atoms with Gasteiger partial charge in [0, 0.05) is 0 Å². The molecule has 0 radical (unpaired) electrons. The Hall–Kier alpha value is -3.74. The molecule has 1 saturated carbocycles. The van der Waals surface area contributed by atoms with Crippen LogP contribution >= 0.6 is 0 Å². The van der Waals surface area contributed by atoms with Gasteiger partial charge >= 0.3 is 0 Å². The Kier molecular flexibility index (Phi) is 6.69. The molecule has 0 bridgehead atoms. The molecule has 214 valence electrons. The SMILES string of the molecule is C=C1CC2CCC2C/C(c2ccc(-c3cnc([C@@H]4CCCN4)[nH]3)cc2)=C\C=C/1c1ccc2nc([C@@H]3CCCN3)[nH]c2c1. The van der Waals surface area contributed by atoms with Crippen LogP contribution in [0, 0.1) is 11.8 Å². The molecule has 2 aromatic heterocycles. The number of H-pyrrole nitrogens is 2. The summed E-state index contributed by atoms with van der Waals surface area (Å²) < 4.78 is 0. The summed E-state index contributed by atoms with van der Waals surface area (Å²) in [5.41, 5.74) is 10.9. The lowest BCUT2D eigenvalue weighted by Gasteiger charge is -2.38. The van der Waals surface area contributed by atoms with Crippen LogP contribution < -0.4 is 10.6 Å². The Bertz CT molecular complexity index is 1670. The van der Waals surface area contributed by atoms with Gasteiger partial charge in [0.2, 0.25) is 0 Å². The summed E-state index contributed by atoms with van der Waals surface area (Å²) in [5, 5.41) is 7.11. The summed E-state index contributed by atoms with van der Waals surface area (Å²) in [6.07, 6.45) is 16.2. The first-order valence-corrected chi connectivity index (χ1v) is 15.9. The van der Waals surface area contributed by atoms with Gasteiger partial charge in [0.15, 0.2) is 0 Å². The minimum atomic E-state index is 0.340. The Labute approximate surface area is 247 Å². The summed E-state index contributed by atoms with van der Waals surface area (Å²) in [4.78, 5) is 16.7. The van der Waals surface area contributed by atoms with E-state index in [4.69, 9.17) is 4.98 Å². The maximum Gasteiger partial charge on any atom is 0.124 e. The molecule has 8 rings (SSSR count). The van der Waals surface area contributed by atoms with Crippen molar-refractivity contribution in [3.05, 3.63) is 95.7 Å². The molecule has 2 saturated heterocycles. The van der Waals surface area contributed by atoms with Crippen LogP contribution in [0.3, 0.4) is 0 Å². The van der Waals surface area contributed by atoms with Gasteiger partial charge in [-0.3, -0.25) is 0 Å². The largest absolute Gasteiger partial charge is 0.341 e. The third-order valence-corrected chi connectivity index (χ3v) is 10.2. The number of allylic oxidation sites excluding steroid dienone is 5. The van der Waals surface area contributed by atoms with Crippen molar-refractivity contribution in [2.75, 3.05) is 13.1 Å². The monoisotopic (exact) mass is 556 g/mol. The van der Waals surface area contributed by atoms with Crippen molar-refractivity contribution in [1.29, 1.82) is 0 Å². The predicted octanol–water partition coefficient (Wildman–Crippen LogP) is 7.65.